The lowest BCUT2D eigenvalue weighted by molar-refractivity contribution is 0.577. The molecule has 0 radical (unpaired) electrons. The molecule has 0 aromatic heterocycles. The number of sulfonamides is 1. The Balaban J connectivity index is 2.97. The van der Waals surface area contributed by atoms with Gasteiger partial charge in [0.05, 0.1) is 4.90 Å². The molecule has 0 amide bonds. The highest BCUT2D eigenvalue weighted by Crippen LogP contribution is 2.16. The summed E-state index contributed by atoms with van der Waals surface area (Å²) in [6, 6.07) is 5.28. The molecule has 0 atom stereocenters. The van der Waals surface area contributed by atoms with Crippen molar-refractivity contribution < 1.29 is 8.42 Å². The molecule has 1 aromatic rings. The highest BCUT2D eigenvalue weighted by Gasteiger charge is 2.16. The van der Waals surface area contributed by atoms with Crippen LogP contribution < -0.4 is 10.5 Å². The van der Waals surface area contributed by atoms with Gasteiger partial charge in [-0.25, -0.2) is 13.1 Å². The van der Waals surface area contributed by atoms with Gasteiger partial charge in [0.2, 0.25) is 10.0 Å². The average molecular weight is 256 g/mol. The van der Waals surface area contributed by atoms with Crippen LogP contribution >= 0.6 is 0 Å². The Kier molecular flexibility index (Phi) is 5.11. The molecule has 1 rings (SSSR count). The van der Waals surface area contributed by atoms with Crippen LogP contribution in [0.2, 0.25) is 0 Å². The minimum atomic E-state index is -3.40. The molecule has 96 valence electrons. The second-order valence-corrected chi connectivity index (χ2v) is 5.79. The summed E-state index contributed by atoms with van der Waals surface area (Å²) in [5.74, 6) is 0. The summed E-state index contributed by atoms with van der Waals surface area (Å²) in [5.41, 5.74) is 7.09. The van der Waals surface area contributed by atoms with Gasteiger partial charge in [-0.1, -0.05) is 25.5 Å². The molecule has 4 nitrogen and oxygen atoms in total. The zero-order chi connectivity index (χ0) is 12.9. The molecule has 0 aliphatic rings. The van der Waals surface area contributed by atoms with Crippen LogP contribution in [0.1, 0.15) is 30.9 Å². The Morgan fingerprint density at radius 2 is 2.06 bits per heavy atom. The molecule has 3 N–H and O–H groups in total. The molecule has 0 saturated carbocycles. The Morgan fingerprint density at radius 1 is 1.35 bits per heavy atom. The summed E-state index contributed by atoms with van der Waals surface area (Å²) in [4.78, 5) is 0.330. The van der Waals surface area contributed by atoms with Crippen LogP contribution in [0.5, 0.6) is 0 Å². The monoisotopic (exact) mass is 256 g/mol. The van der Waals surface area contributed by atoms with Crippen LogP contribution in [0.4, 0.5) is 0 Å². The first-order valence-corrected chi connectivity index (χ1v) is 7.29. The maximum atomic E-state index is 12.0. The third kappa shape index (κ3) is 3.80. The standard InChI is InChI=1S/C12H20N2O2S/c1-3-4-7-14-17(15,16)12-8-11(9-13)6-5-10(12)2/h5-6,8,14H,3-4,7,9,13H2,1-2H3. The van der Waals surface area contributed by atoms with E-state index in [9.17, 15) is 8.42 Å². The van der Waals surface area contributed by atoms with Gasteiger partial charge >= 0.3 is 0 Å². The zero-order valence-corrected chi connectivity index (χ0v) is 11.2. The highest BCUT2D eigenvalue weighted by atomic mass is 32.2. The quantitative estimate of drug-likeness (QED) is 0.758. The number of rotatable bonds is 6. The highest BCUT2D eigenvalue weighted by molar-refractivity contribution is 7.89. The fourth-order valence-corrected chi connectivity index (χ4v) is 2.89. The Bertz CT molecular complexity index is 469. The van der Waals surface area contributed by atoms with E-state index in [1.165, 1.54) is 0 Å². The van der Waals surface area contributed by atoms with Gasteiger partial charge in [0.1, 0.15) is 0 Å². The second-order valence-electron chi connectivity index (χ2n) is 4.06. The molecule has 0 fully saturated rings. The summed E-state index contributed by atoms with van der Waals surface area (Å²) in [6.45, 7) is 4.63. The number of unbranched alkanes of at least 4 members (excludes halogenated alkanes) is 1. The van der Waals surface area contributed by atoms with Gasteiger partial charge in [0, 0.05) is 13.1 Å². The molecule has 5 heteroatoms. The lowest BCUT2D eigenvalue weighted by Crippen LogP contribution is -2.25. The number of hydrogen-bond acceptors (Lipinski definition) is 3. The van der Waals surface area contributed by atoms with Gasteiger partial charge in [0.15, 0.2) is 0 Å². The van der Waals surface area contributed by atoms with Crippen LogP contribution in [0.3, 0.4) is 0 Å². The van der Waals surface area contributed by atoms with E-state index in [0.717, 1.165) is 24.0 Å². The summed E-state index contributed by atoms with van der Waals surface area (Å²) < 4.78 is 26.7. The summed E-state index contributed by atoms with van der Waals surface area (Å²) in [6.07, 6.45) is 1.80. The van der Waals surface area contributed by atoms with E-state index >= 15 is 0 Å². The average Bonchev–Trinajstić information content (AvgIpc) is 2.29. The molecule has 0 spiro atoms. The fourth-order valence-electron chi connectivity index (χ4n) is 1.52. The van der Waals surface area contributed by atoms with E-state index in [2.05, 4.69) is 4.72 Å². The van der Waals surface area contributed by atoms with Gasteiger partial charge in [-0.3, -0.25) is 0 Å². The van der Waals surface area contributed by atoms with Crippen LogP contribution in [0, 0.1) is 6.92 Å². The molecule has 1 aromatic carbocycles. The van der Waals surface area contributed by atoms with Crippen molar-refractivity contribution in [2.75, 3.05) is 6.54 Å². The number of nitrogens with one attached hydrogen (secondary N) is 1. The van der Waals surface area contributed by atoms with Gasteiger partial charge in [-0.05, 0) is 30.5 Å². The lowest BCUT2D eigenvalue weighted by Gasteiger charge is -2.10. The van der Waals surface area contributed by atoms with Crippen molar-refractivity contribution in [1.29, 1.82) is 0 Å². The predicted octanol–water partition coefficient (Wildman–Crippen LogP) is 1.53. The van der Waals surface area contributed by atoms with Crippen LogP contribution in [-0.4, -0.2) is 15.0 Å². The maximum Gasteiger partial charge on any atom is 0.240 e. The lowest BCUT2D eigenvalue weighted by atomic mass is 10.1. The maximum absolute atomic E-state index is 12.0. The number of aryl methyl sites for hydroxylation is 1. The van der Waals surface area contributed by atoms with Crippen molar-refractivity contribution in [3.63, 3.8) is 0 Å². The summed E-state index contributed by atoms with van der Waals surface area (Å²) >= 11 is 0. The van der Waals surface area contributed by atoms with Gasteiger partial charge in [-0.2, -0.15) is 0 Å². The fraction of sp³-hybridized carbons (Fsp3) is 0.500. The van der Waals surface area contributed by atoms with Gasteiger partial charge in [0.25, 0.3) is 0 Å². The van der Waals surface area contributed by atoms with Crippen molar-refractivity contribution in [3.8, 4) is 0 Å². The van der Waals surface area contributed by atoms with E-state index in [4.69, 9.17) is 5.73 Å². The smallest absolute Gasteiger partial charge is 0.240 e. The van der Waals surface area contributed by atoms with Crippen molar-refractivity contribution in [2.45, 2.75) is 38.1 Å². The second kappa shape index (κ2) is 6.14. The molecule has 0 saturated heterocycles. The number of benzene rings is 1. The first kappa shape index (κ1) is 14.2. The molecule has 0 unspecified atom stereocenters. The molecule has 0 heterocycles. The van der Waals surface area contributed by atoms with Crippen LogP contribution in [0.15, 0.2) is 23.1 Å². The Hall–Kier alpha value is -0.910. The van der Waals surface area contributed by atoms with E-state index in [1.807, 2.05) is 13.0 Å². The number of hydrogen-bond donors (Lipinski definition) is 2. The van der Waals surface area contributed by atoms with Crippen LogP contribution in [0.25, 0.3) is 0 Å². The minimum Gasteiger partial charge on any atom is -0.326 e. The van der Waals surface area contributed by atoms with E-state index in [0.29, 0.717) is 18.0 Å². The minimum absolute atomic E-state index is 0.330. The number of nitrogens with two attached hydrogens (primary N) is 1. The Morgan fingerprint density at radius 3 is 2.65 bits per heavy atom. The SMILES string of the molecule is CCCCNS(=O)(=O)c1cc(CN)ccc1C. The van der Waals surface area contributed by atoms with Gasteiger partial charge in [-0.15, -0.1) is 0 Å². The van der Waals surface area contributed by atoms with E-state index in [-0.39, 0.29) is 0 Å². The molecule has 0 aliphatic carbocycles. The van der Waals surface area contributed by atoms with Gasteiger partial charge < -0.3 is 5.73 Å². The largest absolute Gasteiger partial charge is 0.326 e. The third-order valence-corrected chi connectivity index (χ3v) is 4.20. The van der Waals surface area contributed by atoms with E-state index in [1.54, 1.807) is 19.1 Å². The van der Waals surface area contributed by atoms with Crippen molar-refractivity contribution in [1.82, 2.24) is 4.72 Å². The van der Waals surface area contributed by atoms with Crippen molar-refractivity contribution >= 4 is 10.0 Å². The van der Waals surface area contributed by atoms with E-state index < -0.39 is 10.0 Å². The molecule has 0 bridgehead atoms. The third-order valence-electron chi connectivity index (χ3n) is 2.60. The normalized spacial score (nSPS) is 11.7. The van der Waals surface area contributed by atoms with Crippen molar-refractivity contribution in [2.24, 2.45) is 5.73 Å². The summed E-state index contributed by atoms with van der Waals surface area (Å²) in [5, 5.41) is 0. The topological polar surface area (TPSA) is 72.2 Å². The first-order valence-electron chi connectivity index (χ1n) is 5.80. The zero-order valence-electron chi connectivity index (χ0n) is 10.4. The molecular formula is C12H20N2O2S. The molecular weight excluding hydrogens is 236 g/mol. The summed E-state index contributed by atoms with van der Waals surface area (Å²) in [7, 11) is -3.40. The first-order chi connectivity index (χ1) is 8.01. The predicted molar refractivity (Wildman–Crippen MR) is 69.2 cm³/mol. The van der Waals surface area contributed by atoms with Crippen LogP contribution in [-0.2, 0) is 16.6 Å². The molecule has 17 heavy (non-hydrogen) atoms. The molecule has 0 aliphatic heterocycles. The van der Waals surface area contributed by atoms with Crippen molar-refractivity contribution in [3.05, 3.63) is 29.3 Å². The Labute approximate surface area is 103 Å².